The molecule has 0 saturated carbocycles. The maximum absolute atomic E-state index is 12.3. The maximum Gasteiger partial charge on any atom is 0.325 e. The van der Waals surface area contributed by atoms with Gasteiger partial charge in [-0.05, 0) is 42.3 Å². The van der Waals surface area contributed by atoms with Gasteiger partial charge in [-0.1, -0.05) is 30.3 Å². The quantitative estimate of drug-likeness (QED) is 0.565. The molecule has 2 aliphatic rings. The minimum atomic E-state index is -0.431. The monoisotopic (exact) mass is 429 g/mol. The summed E-state index contributed by atoms with van der Waals surface area (Å²) in [4.78, 5) is 30.7. The van der Waals surface area contributed by atoms with Crippen LogP contribution in [-0.4, -0.2) is 35.0 Å². The van der Waals surface area contributed by atoms with Crippen LogP contribution in [-0.2, 0) is 11.3 Å². The highest BCUT2D eigenvalue weighted by Crippen LogP contribution is 2.39. The van der Waals surface area contributed by atoms with Gasteiger partial charge in [0, 0.05) is 36.2 Å². The van der Waals surface area contributed by atoms with Crippen LogP contribution in [0.1, 0.15) is 34.1 Å². The highest BCUT2D eigenvalue weighted by Gasteiger charge is 2.37. The van der Waals surface area contributed by atoms with Crippen molar-refractivity contribution >= 4 is 29.1 Å². The zero-order chi connectivity index (χ0) is 21.9. The zero-order valence-corrected chi connectivity index (χ0v) is 17.4. The molecule has 3 heterocycles. The zero-order valence-electron chi connectivity index (χ0n) is 17.4. The van der Waals surface area contributed by atoms with Gasteiger partial charge in [-0.2, -0.15) is 0 Å². The smallest absolute Gasteiger partial charge is 0.325 e. The van der Waals surface area contributed by atoms with Crippen molar-refractivity contribution in [2.45, 2.75) is 19.2 Å². The Bertz CT molecular complexity index is 1130. The molecule has 1 aromatic heterocycles. The molecule has 5 rings (SSSR count). The van der Waals surface area contributed by atoms with Gasteiger partial charge in [-0.25, -0.2) is 9.78 Å². The molecule has 32 heavy (non-hydrogen) atoms. The Morgan fingerprint density at radius 2 is 1.94 bits per heavy atom. The fourth-order valence-corrected chi connectivity index (χ4v) is 3.93. The Morgan fingerprint density at radius 3 is 2.75 bits per heavy atom. The Hall–Kier alpha value is -3.91. The second-order valence-electron chi connectivity index (χ2n) is 7.69. The molecule has 1 fully saturated rings. The molecule has 3 aromatic rings. The lowest BCUT2D eigenvalue weighted by Crippen LogP contribution is -2.47. The molecule has 3 amide bonds. The number of urea groups is 1. The summed E-state index contributed by atoms with van der Waals surface area (Å²) in [5.41, 5.74) is 4.12. The van der Waals surface area contributed by atoms with Crippen LogP contribution in [0.4, 0.5) is 22.0 Å². The minimum Gasteiger partial charge on any atom is -0.380 e. The van der Waals surface area contributed by atoms with E-state index < -0.39 is 6.23 Å². The van der Waals surface area contributed by atoms with Crippen LogP contribution in [0, 0.1) is 0 Å². The molecule has 8 nitrogen and oxygen atoms in total. The van der Waals surface area contributed by atoms with E-state index in [-0.39, 0.29) is 11.9 Å². The van der Waals surface area contributed by atoms with E-state index >= 15 is 0 Å². The standard InChI is InChI=1S/C24H23N5O3/c30-22(17-5-2-1-3-6-17)27-18-9-7-16(8-10-18)15-26-19-11-12-25-21-20(19)23-29(24(31)28-21)13-4-14-32-23/h1-3,5-12,23H,4,13-15H2,(H,27,30)(H2,25,26,28,31). The third-order valence-corrected chi connectivity index (χ3v) is 5.56. The lowest BCUT2D eigenvalue weighted by atomic mass is 10.1. The highest BCUT2D eigenvalue weighted by molar-refractivity contribution is 6.04. The number of hydrogen-bond acceptors (Lipinski definition) is 5. The third-order valence-electron chi connectivity index (χ3n) is 5.56. The molecule has 0 radical (unpaired) electrons. The number of nitrogens with zero attached hydrogens (tertiary/aromatic N) is 2. The van der Waals surface area contributed by atoms with Gasteiger partial charge in [0.25, 0.3) is 5.91 Å². The summed E-state index contributed by atoms with van der Waals surface area (Å²) in [5, 5.41) is 9.20. The molecule has 0 spiro atoms. The lowest BCUT2D eigenvalue weighted by Gasteiger charge is -2.40. The van der Waals surface area contributed by atoms with Crippen molar-refractivity contribution in [2.24, 2.45) is 0 Å². The third kappa shape index (κ3) is 4.00. The largest absolute Gasteiger partial charge is 0.380 e. The van der Waals surface area contributed by atoms with E-state index in [1.165, 1.54) is 0 Å². The van der Waals surface area contributed by atoms with Crippen LogP contribution >= 0.6 is 0 Å². The van der Waals surface area contributed by atoms with Crippen molar-refractivity contribution in [3.63, 3.8) is 0 Å². The van der Waals surface area contributed by atoms with E-state index in [0.29, 0.717) is 31.1 Å². The molecule has 8 heteroatoms. The van der Waals surface area contributed by atoms with Crippen LogP contribution in [0.25, 0.3) is 0 Å². The summed E-state index contributed by atoms with van der Waals surface area (Å²) in [6.45, 7) is 1.84. The first-order chi connectivity index (χ1) is 15.7. The van der Waals surface area contributed by atoms with Gasteiger partial charge in [-0.15, -0.1) is 0 Å². The van der Waals surface area contributed by atoms with E-state index in [2.05, 4.69) is 20.9 Å². The number of pyridine rings is 1. The maximum atomic E-state index is 12.3. The van der Waals surface area contributed by atoms with E-state index in [1.807, 2.05) is 48.5 Å². The summed E-state index contributed by atoms with van der Waals surface area (Å²) in [7, 11) is 0. The molecule has 0 aliphatic carbocycles. The van der Waals surface area contributed by atoms with Gasteiger partial charge in [0.15, 0.2) is 6.23 Å². The number of benzene rings is 2. The van der Waals surface area contributed by atoms with Crippen LogP contribution < -0.4 is 16.0 Å². The van der Waals surface area contributed by atoms with Gasteiger partial charge >= 0.3 is 6.03 Å². The number of aromatic nitrogens is 1. The summed E-state index contributed by atoms with van der Waals surface area (Å²) in [6, 6.07) is 18.5. The molecule has 1 unspecified atom stereocenters. The minimum absolute atomic E-state index is 0.140. The number of fused-ring (bicyclic) bond motifs is 3. The number of amides is 3. The lowest BCUT2D eigenvalue weighted by molar-refractivity contribution is -0.0736. The normalized spacial score (nSPS) is 17.1. The molecule has 162 valence electrons. The van der Waals surface area contributed by atoms with Crippen molar-refractivity contribution in [2.75, 3.05) is 29.1 Å². The number of hydrogen-bond donors (Lipinski definition) is 3. The molecule has 1 atom stereocenters. The van der Waals surface area contributed by atoms with Crippen LogP contribution in [0.15, 0.2) is 66.9 Å². The number of carbonyl (C=O) groups is 2. The first-order valence-electron chi connectivity index (χ1n) is 10.6. The van der Waals surface area contributed by atoms with Crippen LogP contribution in [0.5, 0.6) is 0 Å². The number of anilines is 3. The van der Waals surface area contributed by atoms with Gasteiger partial charge in [0.1, 0.15) is 5.82 Å². The van der Waals surface area contributed by atoms with E-state index in [1.54, 1.807) is 23.2 Å². The van der Waals surface area contributed by atoms with Gasteiger partial charge in [0.2, 0.25) is 0 Å². The Morgan fingerprint density at radius 1 is 1.12 bits per heavy atom. The number of nitrogens with one attached hydrogen (secondary N) is 3. The van der Waals surface area contributed by atoms with Crippen molar-refractivity contribution in [1.82, 2.24) is 9.88 Å². The SMILES string of the molecule is O=C(Nc1ccc(CNc2ccnc3c2C2OCCCN2C(=O)N3)cc1)c1ccccc1. The first-order valence-corrected chi connectivity index (χ1v) is 10.6. The number of carbonyl (C=O) groups excluding carboxylic acids is 2. The molecular formula is C24H23N5O3. The van der Waals surface area contributed by atoms with E-state index in [9.17, 15) is 9.59 Å². The van der Waals surface area contributed by atoms with E-state index in [0.717, 1.165) is 28.9 Å². The van der Waals surface area contributed by atoms with Crippen molar-refractivity contribution in [1.29, 1.82) is 0 Å². The summed E-state index contributed by atoms with van der Waals surface area (Å²) >= 11 is 0. The molecule has 3 N–H and O–H groups in total. The topological polar surface area (TPSA) is 95.6 Å². The Labute approximate surface area is 185 Å². The number of ether oxygens (including phenoxy) is 1. The number of rotatable bonds is 5. The molecule has 0 bridgehead atoms. The Kier molecular flexibility index (Phi) is 5.43. The van der Waals surface area contributed by atoms with Crippen molar-refractivity contribution in [3.8, 4) is 0 Å². The average molecular weight is 429 g/mol. The Balaban J connectivity index is 1.27. The summed E-state index contributed by atoms with van der Waals surface area (Å²) < 4.78 is 5.91. The van der Waals surface area contributed by atoms with Crippen molar-refractivity contribution < 1.29 is 14.3 Å². The predicted molar refractivity (Wildman–Crippen MR) is 121 cm³/mol. The first kappa shape index (κ1) is 20.0. The van der Waals surface area contributed by atoms with Gasteiger partial charge in [0.05, 0.1) is 12.2 Å². The fourth-order valence-electron chi connectivity index (χ4n) is 3.93. The summed E-state index contributed by atoms with van der Waals surface area (Å²) in [5.74, 6) is 0.390. The van der Waals surface area contributed by atoms with Crippen molar-refractivity contribution in [3.05, 3.63) is 83.6 Å². The predicted octanol–water partition coefficient (Wildman–Crippen LogP) is 4.21. The molecule has 1 saturated heterocycles. The fraction of sp³-hybridized carbons (Fsp3) is 0.208. The van der Waals surface area contributed by atoms with Gasteiger partial charge in [-0.3, -0.25) is 15.0 Å². The summed E-state index contributed by atoms with van der Waals surface area (Å²) in [6.07, 6.45) is 2.05. The molecular weight excluding hydrogens is 406 g/mol. The van der Waals surface area contributed by atoms with Crippen LogP contribution in [0.2, 0.25) is 0 Å². The second-order valence-corrected chi connectivity index (χ2v) is 7.69. The van der Waals surface area contributed by atoms with Gasteiger partial charge < -0.3 is 15.4 Å². The second kappa shape index (κ2) is 8.68. The molecule has 2 aromatic carbocycles. The van der Waals surface area contributed by atoms with E-state index in [4.69, 9.17) is 4.74 Å². The van der Waals surface area contributed by atoms with Crippen LogP contribution in [0.3, 0.4) is 0 Å². The highest BCUT2D eigenvalue weighted by atomic mass is 16.5. The average Bonchev–Trinajstić information content (AvgIpc) is 2.84. The molecule has 2 aliphatic heterocycles.